The third-order valence-electron chi connectivity index (χ3n) is 2.56. The average Bonchev–Trinajstić information content (AvgIpc) is 2.46. The molecule has 0 atom stereocenters. The van der Waals surface area contributed by atoms with E-state index in [0.717, 1.165) is 12.1 Å². The van der Waals surface area contributed by atoms with Crippen molar-refractivity contribution in [3.05, 3.63) is 41.5 Å². The summed E-state index contributed by atoms with van der Waals surface area (Å²) in [4.78, 5) is 20.1. The fourth-order valence-corrected chi connectivity index (χ4v) is 1.58. The summed E-state index contributed by atoms with van der Waals surface area (Å²) in [6.07, 6.45) is 0. The second-order valence-electron chi connectivity index (χ2n) is 3.84. The van der Waals surface area contributed by atoms with E-state index in [9.17, 15) is 9.18 Å². The first-order chi connectivity index (χ1) is 9.55. The summed E-state index contributed by atoms with van der Waals surface area (Å²) in [5.74, 6) is -0.843. The first-order valence-electron chi connectivity index (χ1n) is 5.62. The number of methoxy groups -OCH3 is 2. The average molecular weight is 277 g/mol. The van der Waals surface area contributed by atoms with E-state index in [4.69, 9.17) is 15.2 Å². The van der Waals surface area contributed by atoms with E-state index in [-0.39, 0.29) is 28.8 Å². The summed E-state index contributed by atoms with van der Waals surface area (Å²) in [6.45, 7) is 0. The van der Waals surface area contributed by atoms with Gasteiger partial charge in [0.2, 0.25) is 23.4 Å². The lowest BCUT2D eigenvalue weighted by molar-refractivity contribution is 0.102. The maximum Gasteiger partial charge on any atom is 0.232 e. The van der Waals surface area contributed by atoms with Crippen molar-refractivity contribution in [3.8, 4) is 11.8 Å². The van der Waals surface area contributed by atoms with Crippen molar-refractivity contribution in [1.29, 1.82) is 0 Å². The predicted molar refractivity (Wildman–Crippen MR) is 69.4 cm³/mol. The lowest BCUT2D eigenvalue weighted by Gasteiger charge is -2.07. The Balaban J connectivity index is 2.47. The second-order valence-corrected chi connectivity index (χ2v) is 3.84. The minimum absolute atomic E-state index is 0.0142. The Morgan fingerprint density at radius 3 is 2.25 bits per heavy atom. The fraction of sp³-hybridized carbons (Fsp3) is 0.154. The van der Waals surface area contributed by atoms with Crippen molar-refractivity contribution < 1.29 is 18.7 Å². The quantitative estimate of drug-likeness (QED) is 0.672. The number of hydrogen-bond donors (Lipinski definition) is 1. The summed E-state index contributed by atoms with van der Waals surface area (Å²) in [7, 11) is 2.81. The third kappa shape index (κ3) is 2.66. The number of ether oxygens (including phenoxy) is 2. The summed E-state index contributed by atoms with van der Waals surface area (Å²) in [5, 5.41) is 0. The molecule has 2 rings (SSSR count). The van der Waals surface area contributed by atoms with Crippen LogP contribution in [-0.2, 0) is 0 Å². The van der Waals surface area contributed by atoms with Crippen LogP contribution in [0.3, 0.4) is 0 Å². The number of halogens is 1. The fourth-order valence-electron chi connectivity index (χ4n) is 1.58. The molecule has 0 saturated heterocycles. The molecule has 104 valence electrons. The Hall–Kier alpha value is -2.70. The van der Waals surface area contributed by atoms with E-state index in [0.29, 0.717) is 0 Å². The number of hydrogen-bond acceptors (Lipinski definition) is 6. The molecule has 1 heterocycles. The highest BCUT2D eigenvalue weighted by Crippen LogP contribution is 2.20. The number of nitrogens with zero attached hydrogens (tertiary/aromatic N) is 2. The highest BCUT2D eigenvalue weighted by atomic mass is 19.1. The van der Waals surface area contributed by atoms with Gasteiger partial charge in [0.25, 0.3) is 0 Å². The Morgan fingerprint density at radius 1 is 1.15 bits per heavy atom. The van der Waals surface area contributed by atoms with Crippen molar-refractivity contribution in [2.24, 2.45) is 0 Å². The molecule has 0 aliphatic heterocycles. The molecule has 0 unspecified atom stereocenters. The SMILES string of the molecule is COc1cc(OC)nc(C(=O)c2ccc(F)cc2N)n1. The van der Waals surface area contributed by atoms with E-state index in [1.54, 1.807) is 0 Å². The monoisotopic (exact) mass is 277 g/mol. The van der Waals surface area contributed by atoms with Crippen LogP contribution in [0.1, 0.15) is 16.2 Å². The lowest BCUT2D eigenvalue weighted by Crippen LogP contribution is -2.11. The van der Waals surface area contributed by atoms with E-state index < -0.39 is 11.6 Å². The number of anilines is 1. The zero-order valence-electron chi connectivity index (χ0n) is 10.9. The molecule has 0 spiro atoms. The van der Waals surface area contributed by atoms with E-state index in [1.165, 1.54) is 26.4 Å². The molecule has 0 amide bonds. The number of nitrogens with two attached hydrogens (primary N) is 1. The standard InChI is InChI=1S/C13H12FN3O3/c1-19-10-6-11(20-2)17-13(16-10)12(18)8-4-3-7(14)5-9(8)15/h3-6H,15H2,1-2H3. The second kappa shape index (κ2) is 5.52. The van der Waals surface area contributed by atoms with Crippen LogP contribution < -0.4 is 15.2 Å². The van der Waals surface area contributed by atoms with Crippen LogP contribution >= 0.6 is 0 Å². The number of aromatic nitrogens is 2. The van der Waals surface area contributed by atoms with Crippen molar-refractivity contribution in [3.63, 3.8) is 0 Å². The number of carbonyl (C=O) groups excluding carboxylic acids is 1. The van der Waals surface area contributed by atoms with Gasteiger partial charge in [-0.25, -0.2) is 4.39 Å². The topological polar surface area (TPSA) is 87.3 Å². The van der Waals surface area contributed by atoms with E-state index >= 15 is 0 Å². The molecule has 0 bridgehead atoms. The van der Waals surface area contributed by atoms with Gasteiger partial charge in [0.15, 0.2) is 0 Å². The number of carbonyl (C=O) groups is 1. The Kier molecular flexibility index (Phi) is 3.79. The Labute approximate surface area is 114 Å². The molecule has 1 aromatic heterocycles. The van der Waals surface area contributed by atoms with Gasteiger partial charge >= 0.3 is 0 Å². The van der Waals surface area contributed by atoms with Crippen molar-refractivity contribution in [2.75, 3.05) is 20.0 Å². The number of rotatable bonds is 4. The molecule has 20 heavy (non-hydrogen) atoms. The highest BCUT2D eigenvalue weighted by Gasteiger charge is 2.18. The number of benzene rings is 1. The first kappa shape index (κ1) is 13.7. The minimum atomic E-state index is -0.542. The van der Waals surface area contributed by atoms with Crippen molar-refractivity contribution >= 4 is 11.5 Å². The minimum Gasteiger partial charge on any atom is -0.481 e. The van der Waals surface area contributed by atoms with Crippen LogP contribution in [0.2, 0.25) is 0 Å². The molecule has 0 fully saturated rings. The molecule has 7 heteroatoms. The third-order valence-corrected chi connectivity index (χ3v) is 2.56. The van der Waals surface area contributed by atoms with Gasteiger partial charge in [-0.2, -0.15) is 9.97 Å². The van der Waals surface area contributed by atoms with Crippen LogP contribution in [0.25, 0.3) is 0 Å². The van der Waals surface area contributed by atoms with Crippen molar-refractivity contribution in [2.45, 2.75) is 0 Å². The summed E-state index contributed by atoms with van der Waals surface area (Å²) < 4.78 is 22.9. The molecular weight excluding hydrogens is 265 g/mol. The zero-order chi connectivity index (χ0) is 14.7. The zero-order valence-corrected chi connectivity index (χ0v) is 10.9. The molecule has 6 nitrogen and oxygen atoms in total. The molecular formula is C13H12FN3O3. The predicted octanol–water partition coefficient (Wildman–Crippen LogP) is 1.45. The van der Waals surface area contributed by atoms with Gasteiger partial charge in [0, 0.05) is 11.3 Å². The normalized spacial score (nSPS) is 10.2. The molecule has 2 aromatic rings. The Bertz CT molecular complexity index is 639. The van der Waals surface area contributed by atoms with E-state index in [1.807, 2.05) is 0 Å². The molecule has 0 radical (unpaired) electrons. The Morgan fingerprint density at radius 2 is 1.75 bits per heavy atom. The van der Waals surface area contributed by atoms with Gasteiger partial charge in [0.1, 0.15) is 5.82 Å². The van der Waals surface area contributed by atoms with Crippen LogP contribution in [-0.4, -0.2) is 30.0 Å². The summed E-state index contributed by atoms with van der Waals surface area (Å²) in [6, 6.07) is 4.92. The van der Waals surface area contributed by atoms with Gasteiger partial charge in [0.05, 0.1) is 20.3 Å². The van der Waals surface area contributed by atoms with Gasteiger partial charge < -0.3 is 15.2 Å². The smallest absolute Gasteiger partial charge is 0.232 e. The van der Waals surface area contributed by atoms with Gasteiger partial charge in [-0.15, -0.1) is 0 Å². The molecule has 0 saturated carbocycles. The first-order valence-corrected chi connectivity index (χ1v) is 5.62. The summed E-state index contributed by atoms with van der Waals surface area (Å²) >= 11 is 0. The van der Waals surface area contributed by atoms with Gasteiger partial charge in [-0.3, -0.25) is 4.79 Å². The molecule has 0 aliphatic carbocycles. The lowest BCUT2D eigenvalue weighted by atomic mass is 10.1. The number of ketones is 1. The van der Waals surface area contributed by atoms with Crippen LogP contribution in [0, 0.1) is 5.82 Å². The summed E-state index contributed by atoms with van der Waals surface area (Å²) in [5.41, 5.74) is 5.75. The highest BCUT2D eigenvalue weighted by molar-refractivity contribution is 6.09. The maximum absolute atomic E-state index is 13.0. The van der Waals surface area contributed by atoms with Crippen LogP contribution in [0.15, 0.2) is 24.3 Å². The van der Waals surface area contributed by atoms with Crippen LogP contribution in [0.5, 0.6) is 11.8 Å². The number of nitrogen functional groups attached to an aromatic ring is 1. The van der Waals surface area contributed by atoms with Crippen molar-refractivity contribution in [1.82, 2.24) is 9.97 Å². The molecule has 2 N–H and O–H groups in total. The largest absolute Gasteiger partial charge is 0.481 e. The molecule has 1 aromatic carbocycles. The van der Waals surface area contributed by atoms with Crippen LogP contribution in [0.4, 0.5) is 10.1 Å². The van der Waals surface area contributed by atoms with Gasteiger partial charge in [-0.05, 0) is 18.2 Å². The van der Waals surface area contributed by atoms with Gasteiger partial charge in [-0.1, -0.05) is 0 Å². The maximum atomic E-state index is 13.0. The van der Waals surface area contributed by atoms with E-state index in [2.05, 4.69) is 9.97 Å². The molecule has 0 aliphatic rings.